The average molecular weight is 391 g/mol. The van der Waals surface area contributed by atoms with Crippen LogP contribution < -0.4 is 10.9 Å². The first-order valence-corrected chi connectivity index (χ1v) is 9.78. The van der Waals surface area contributed by atoms with Gasteiger partial charge in [-0.05, 0) is 30.4 Å². The van der Waals surface area contributed by atoms with Gasteiger partial charge in [-0.1, -0.05) is 27.7 Å². The minimum atomic E-state index is -0.347. The number of imidazole rings is 1. The second-order valence-electron chi connectivity index (χ2n) is 7.15. The SMILES string of the molecule is CC.[B]C(Nc1c(-c2nc3ncc(C)cc3[nH]2)c(=O)[nH]c2cn(C)nc12)C(C)C. The first-order chi connectivity index (χ1) is 13.8. The Bertz CT molecular complexity index is 1200. The summed E-state index contributed by atoms with van der Waals surface area (Å²) in [6, 6.07) is 1.94. The highest BCUT2D eigenvalue weighted by molar-refractivity contribution is 6.14. The Morgan fingerprint density at radius 1 is 1.21 bits per heavy atom. The number of aromatic nitrogens is 6. The van der Waals surface area contributed by atoms with Crippen molar-refractivity contribution in [1.29, 1.82) is 0 Å². The molecule has 0 aliphatic heterocycles. The summed E-state index contributed by atoms with van der Waals surface area (Å²) in [6.45, 7) is 9.97. The van der Waals surface area contributed by atoms with Crippen molar-refractivity contribution in [3.8, 4) is 11.4 Å². The second-order valence-corrected chi connectivity index (χ2v) is 7.15. The molecule has 0 bridgehead atoms. The summed E-state index contributed by atoms with van der Waals surface area (Å²) < 4.78 is 1.65. The highest BCUT2D eigenvalue weighted by Gasteiger charge is 2.22. The molecule has 8 nitrogen and oxygen atoms in total. The predicted octanol–water partition coefficient (Wildman–Crippen LogP) is 3.10. The smallest absolute Gasteiger partial charge is 0.261 e. The number of pyridine rings is 2. The largest absolute Gasteiger partial charge is 0.388 e. The van der Waals surface area contributed by atoms with E-state index in [1.54, 1.807) is 24.1 Å². The number of hydrogen-bond donors (Lipinski definition) is 3. The summed E-state index contributed by atoms with van der Waals surface area (Å²) in [7, 11) is 8.04. The minimum absolute atomic E-state index is 0.163. The Morgan fingerprint density at radius 3 is 2.62 bits per heavy atom. The molecule has 4 aromatic rings. The number of nitrogens with zero attached hydrogens (tertiary/aromatic N) is 4. The quantitative estimate of drug-likeness (QED) is 0.464. The molecule has 0 aliphatic rings. The molecule has 4 aromatic heterocycles. The lowest BCUT2D eigenvalue weighted by molar-refractivity contribution is 0.643. The molecule has 4 heterocycles. The van der Waals surface area contributed by atoms with Gasteiger partial charge < -0.3 is 15.3 Å². The lowest BCUT2D eigenvalue weighted by Gasteiger charge is -2.21. The van der Waals surface area contributed by atoms with E-state index in [2.05, 4.69) is 30.4 Å². The number of rotatable bonds is 4. The predicted molar refractivity (Wildman–Crippen MR) is 118 cm³/mol. The molecule has 9 heteroatoms. The number of anilines is 1. The second kappa shape index (κ2) is 8.10. The fourth-order valence-corrected chi connectivity index (χ4v) is 3.00. The van der Waals surface area contributed by atoms with Gasteiger partial charge in [-0.15, -0.1) is 0 Å². The molecule has 2 radical (unpaired) electrons. The number of fused-ring (bicyclic) bond motifs is 2. The van der Waals surface area contributed by atoms with Crippen molar-refractivity contribution in [3.05, 3.63) is 34.4 Å². The van der Waals surface area contributed by atoms with Gasteiger partial charge in [-0.2, -0.15) is 5.10 Å². The van der Waals surface area contributed by atoms with E-state index in [9.17, 15) is 4.79 Å². The minimum Gasteiger partial charge on any atom is -0.388 e. The molecular formula is C20H26BN7O. The van der Waals surface area contributed by atoms with Crippen LogP contribution in [0.3, 0.4) is 0 Å². The first kappa shape index (κ1) is 20.6. The van der Waals surface area contributed by atoms with Crippen LogP contribution in [0.1, 0.15) is 33.3 Å². The third kappa shape index (κ3) is 3.90. The molecule has 3 N–H and O–H groups in total. The standard InChI is InChI=1S/C18H20BN7O.C2H6/c1-8(2)15(19)23-14-12(18(27)22-11-7-26(4)25-13(11)14)17-21-10-5-9(3)6-20-16(10)24-17;1-2/h5-8,15,23H,1-4H3,(H,22,27)(H,20,21,24);1-2H3. The van der Waals surface area contributed by atoms with Crippen molar-refractivity contribution < 1.29 is 0 Å². The Labute approximate surface area is 170 Å². The van der Waals surface area contributed by atoms with Crippen LogP contribution in [0.4, 0.5) is 5.69 Å². The maximum Gasteiger partial charge on any atom is 0.261 e. The molecule has 0 amide bonds. The van der Waals surface area contributed by atoms with E-state index in [1.807, 2.05) is 40.7 Å². The van der Waals surface area contributed by atoms with Crippen LogP contribution in [0.5, 0.6) is 0 Å². The Morgan fingerprint density at radius 2 is 1.93 bits per heavy atom. The lowest BCUT2D eigenvalue weighted by Crippen LogP contribution is -2.27. The molecule has 4 rings (SSSR count). The number of nitrogens with one attached hydrogen (secondary N) is 3. The van der Waals surface area contributed by atoms with Gasteiger partial charge >= 0.3 is 0 Å². The van der Waals surface area contributed by atoms with Crippen molar-refractivity contribution in [3.63, 3.8) is 0 Å². The maximum absolute atomic E-state index is 12.9. The van der Waals surface area contributed by atoms with Crippen molar-refractivity contribution in [2.75, 3.05) is 5.32 Å². The van der Waals surface area contributed by atoms with Crippen molar-refractivity contribution in [1.82, 2.24) is 29.7 Å². The van der Waals surface area contributed by atoms with Crippen LogP contribution in [-0.2, 0) is 7.05 Å². The van der Waals surface area contributed by atoms with Crippen LogP contribution >= 0.6 is 0 Å². The summed E-state index contributed by atoms with van der Waals surface area (Å²) in [5.41, 5.74) is 4.25. The number of aryl methyl sites for hydroxylation is 2. The molecular weight excluding hydrogens is 365 g/mol. The van der Waals surface area contributed by atoms with Gasteiger partial charge in [0.1, 0.15) is 16.9 Å². The molecule has 1 unspecified atom stereocenters. The van der Waals surface area contributed by atoms with E-state index < -0.39 is 0 Å². The monoisotopic (exact) mass is 391 g/mol. The number of aromatic amines is 2. The van der Waals surface area contributed by atoms with Crippen LogP contribution in [0, 0.1) is 12.8 Å². The van der Waals surface area contributed by atoms with E-state index in [-0.39, 0.29) is 17.4 Å². The van der Waals surface area contributed by atoms with Crippen molar-refractivity contribution in [2.24, 2.45) is 13.0 Å². The van der Waals surface area contributed by atoms with Crippen molar-refractivity contribution in [2.45, 2.75) is 40.6 Å². The van der Waals surface area contributed by atoms with E-state index in [0.717, 1.165) is 11.1 Å². The maximum atomic E-state index is 12.9. The highest BCUT2D eigenvalue weighted by atomic mass is 16.1. The summed E-state index contributed by atoms with van der Waals surface area (Å²) in [5.74, 6) is 0.242. The van der Waals surface area contributed by atoms with Gasteiger partial charge in [0, 0.05) is 19.4 Å². The number of hydrogen-bond acceptors (Lipinski definition) is 5. The zero-order valence-corrected chi connectivity index (χ0v) is 17.7. The summed E-state index contributed by atoms with van der Waals surface area (Å²) in [6.07, 6.45) is 3.50. The van der Waals surface area contributed by atoms with E-state index in [1.165, 1.54) is 0 Å². The van der Waals surface area contributed by atoms with Gasteiger partial charge in [0.2, 0.25) is 0 Å². The zero-order valence-electron chi connectivity index (χ0n) is 17.7. The molecule has 1 atom stereocenters. The van der Waals surface area contributed by atoms with Gasteiger partial charge in [0.25, 0.3) is 5.56 Å². The normalized spacial score (nSPS) is 12.2. The summed E-state index contributed by atoms with van der Waals surface area (Å²) >= 11 is 0. The van der Waals surface area contributed by atoms with Gasteiger partial charge in [-0.25, -0.2) is 9.97 Å². The van der Waals surface area contributed by atoms with E-state index >= 15 is 0 Å². The highest BCUT2D eigenvalue weighted by Crippen LogP contribution is 2.30. The van der Waals surface area contributed by atoms with E-state index in [0.29, 0.717) is 33.8 Å². The van der Waals surface area contributed by atoms with Crippen LogP contribution in [-0.4, -0.2) is 43.5 Å². The Kier molecular flexibility index (Phi) is 5.77. The zero-order chi connectivity index (χ0) is 21.3. The van der Waals surface area contributed by atoms with Crippen molar-refractivity contribution >= 4 is 35.7 Å². The molecule has 150 valence electrons. The Balaban J connectivity index is 0.00000117. The molecule has 0 saturated heterocycles. The fourth-order valence-electron chi connectivity index (χ4n) is 3.00. The molecule has 0 saturated carbocycles. The van der Waals surface area contributed by atoms with Crippen LogP contribution in [0.15, 0.2) is 23.3 Å². The topological polar surface area (TPSA) is 104 Å². The molecule has 0 aromatic carbocycles. The van der Waals surface area contributed by atoms with Gasteiger partial charge in [0.05, 0.1) is 24.6 Å². The fraction of sp³-hybridized carbons (Fsp3) is 0.400. The third-order valence-electron chi connectivity index (χ3n) is 4.53. The summed E-state index contributed by atoms with van der Waals surface area (Å²) in [4.78, 5) is 27.8. The first-order valence-electron chi connectivity index (χ1n) is 9.78. The third-order valence-corrected chi connectivity index (χ3v) is 4.53. The van der Waals surface area contributed by atoms with E-state index in [4.69, 9.17) is 7.85 Å². The average Bonchev–Trinajstić information content (AvgIpc) is 3.25. The molecule has 0 aliphatic carbocycles. The van der Waals surface area contributed by atoms with Gasteiger partial charge in [-0.3, -0.25) is 9.48 Å². The molecule has 0 fully saturated rings. The molecule has 29 heavy (non-hydrogen) atoms. The van der Waals surface area contributed by atoms with Gasteiger partial charge in [0.15, 0.2) is 5.65 Å². The van der Waals surface area contributed by atoms with Crippen LogP contribution in [0.25, 0.3) is 33.6 Å². The Hall–Kier alpha value is -3.10. The number of H-pyrrole nitrogens is 2. The summed E-state index contributed by atoms with van der Waals surface area (Å²) in [5, 5.41) is 7.75. The lowest BCUT2D eigenvalue weighted by atomic mass is 9.85. The molecule has 0 spiro atoms. The van der Waals surface area contributed by atoms with Crippen LogP contribution in [0.2, 0.25) is 0 Å².